The van der Waals surface area contributed by atoms with Gasteiger partial charge in [-0.05, 0) is 26.3 Å². The normalized spacial score (nSPS) is 20.0. The Balaban J connectivity index is 1.50. The molecule has 3 rings (SSSR count). The van der Waals surface area contributed by atoms with Crippen LogP contribution in [0.5, 0.6) is 0 Å². The molecule has 2 heterocycles. The van der Waals surface area contributed by atoms with Crippen LogP contribution in [0.25, 0.3) is 0 Å². The maximum absolute atomic E-state index is 12.5. The van der Waals surface area contributed by atoms with Crippen LogP contribution in [0.3, 0.4) is 0 Å². The van der Waals surface area contributed by atoms with E-state index in [0.29, 0.717) is 50.9 Å². The molecule has 0 bridgehead atoms. The van der Waals surface area contributed by atoms with Gasteiger partial charge in [-0.2, -0.15) is 0 Å². The minimum atomic E-state index is -0.140. The first-order valence-electron chi connectivity index (χ1n) is 8.56. The predicted molar refractivity (Wildman–Crippen MR) is 93.0 cm³/mol. The van der Waals surface area contributed by atoms with Gasteiger partial charge in [0.15, 0.2) is 0 Å². The number of rotatable bonds is 6. The quantitative estimate of drug-likeness (QED) is 0.757. The van der Waals surface area contributed by atoms with Gasteiger partial charge in [-0.25, -0.2) is 4.98 Å². The highest BCUT2D eigenvalue weighted by atomic mass is 32.1. The molecule has 1 atom stereocenters. The van der Waals surface area contributed by atoms with Crippen molar-refractivity contribution in [3.8, 4) is 0 Å². The van der Waals surface area contributed by atoms with Crippen LogP contribution in [-0.4, -0.2) is 71.4 Å². The zero-order chi connectivity index (χ0) is 17.1. The molecule has 1 unspecified atom stereocenters. The molecule has 8 heteroatoms. The first-order chi connectivity index (χ1) is 11.6. The van der Waals surface area contributed by atoms with Crippen LogP contribution < -0.4 is 11.1 Å². The number of hydrogen-bond acceptors (Lipinski definition) is 6. The SMILES string of the molecule is CC(C(=O)NC1CC1)N1CCN(C(=O)c2csc(CCN)n2)CC1. The lowest BCUT2D eigenvalue weighted by Gasteiger charge is -2.37. The van der Waals surface area contributed by atoms with Crippen LogP contribution in [0.15, 0.2) is 5.38 Å². The smallest absolute Gasteiger partial charge is 0.273 e. The third-order valence-corrected chi connectivity index (χ3v) is 5.49. The summed E-state index contributed by atoms with van der Waals surface area (Å²) in [6.07, 6.45) is 2.90. The summed E-state index contributed by atoms with van der Waals surface area (Å²) in [7, 11) is 0. The Morgan fingerprint density at radius 2 is 2.08 bits per heavy atom. The van der Waals surface area contributed by atoms with E-state index in [0.717, 1.165) is 17.8 Å². The molecule has 1 aliphatic carbocycles. The number of aromatic nitrogens is 1. The molecule has 1 aliphatic heterocycles. The average Bonchev–Trinajstić information content (AvgIpc) is 3.29. The molecular weight excluding hydrogens is 326 g/mol. The number of hydrogen-bond donors (Lipinski definition) is 2. The highest BCUT2D eigenvalue weighted by Crippen LogP contribution is 2.19. The molecule has 0 aromatic carbocycles. The molecule has 132 valence electrons. The topological polar surface area (TPSA) is 91.6 Å². The fraction of sp³-hybridized carbons (Fsp3) is 0.688. The molecule has 24 heavy (non-hydrogen) atoms. The second-order valence-corrected chi connectivity index (χ2v) is 7.39. The molecule has 1 aromatic rings. The Morgan fingerprint density at radius 1 is 1.38 bits per heavy atom. The molecule has 0 spiro atoms. The first kappa shape index (κ1) is 17.3. The minimum absolute atomic E-state index is 0.0238. The Labute approximate surface area is 146 Å². The summed E-state index contributed by atoms with van der Waals surface area (Å²) in [5.41, 5.74) is 6.03. The van der Waals surface area contributed by atoms with E-state index in [1.807, 2.05) is 17.2 Å². The number of carbonyl (C=O) groups is 2. The van der Waals surface area contributed by atoms with E-state index >= 15 is 0 Å². The van der Waals surface area contributed by atoms with Crippen molar-refractivity contribution in [3.63, 3.8) is 0 Å². The van der Waals surface area contributed by atoms with Gasteiger partial charge in [0, 0.05) is 44.0 Å². The fourth-order valence-corrected chi connectivity index (χ4v) is 3.62. The highest BCUT2D eigenvalue weighted by molar-refractivity contribution is 7.09. The molecule has 7 nitrogen and oxygen atoms in total. The van der Waals surface area contributed by atoms with Crippen molar-refractivity contribution < 1.29 is 9.59 Å². The third kappa shape index (κ3) is 4.12. The molecule has 2 amide bonds. The number of nitrogens with two attached hydrogens (primary N) is 1. The van der Waals surface area contributed by atoms with Gasteiger partial charge in [-0.3, -0.25) is 14.5 Å². The van der Waals surface area contributed by atoms with Crippen molar-refractivity contribution in [3.05, 3.63) is 16.1 Å². The van der Waals surface area contributed by atoms with Crippen LogP contribution in [0.1, 0.15) is 35.3 Å². The van der Waals surface area contributed by atoms with Crippen LogP contribution in [0.4, 0.5) is 0 Å². The maximum atomic E-state index is 12.5. The Kier molecular flexibility index (Phi) is 5.47. The lowest BCUT2D eigenvalue weighted by molar-refractivity contribution is -0.126. The number of thiazole rings is 1. The van der Waals surface area contributed by atoms with Gasteiger partial charge in [0.05, 0.1) is 11.0 Å². The van der Waals surface area contributed by atoms with Gasteiger partial charge in [0.1, 0.15) is 5.69 Å². The van der Waals surface area contributed by atoms with E-state index in [2.05, 4.69) is 15.2 Å². The van der Waals surface area contributed by atoms with Crippen molar-refractivity contribution in [2.24, 2.45) is 5.73 Å². The van der Waals surface area contributed by atoms with Crippen molar-refractivity contribution in [1.29, 1.82) is 0 Å². The van der Waals surface area contributed by atoms with Crippen molar-refractivity contribution in [2.75, 3.05) is 32.7 Å². The molecular formula is C16H25N5O2S. The van der Waals surface area contributed by atoms with Gasteiger partial charge in [-0.15, -0.1) is 11.3 Å². The summed E-state index contributed by atoms with van der Waals surface area (Å²) in [5.74, 6) is 0.0764. The summed E-state index contributed by atoms with van der Waals surface area (Å²) >= 11 is 1.49. The summed E-state index contributed by atoms with van der Waals surface area (Å²) in [4.78, 5) is 33.0. The second-order valence-electron chi connectivity index (χ2n) is 6.45. The van der Waals surface area contributed by atoms with E-state index in [1.54, 1.807) is 0 Å². The summed E-state index contributed by atoms with van der Waals surface area (Å²) in [5, 5.41) is 5.76. The van der Waals surface area contributed by atoms with Gasteiger partial charge in [0.2, 0.25) is 5.91 Å². The zero-order valence-electron chi connectivity index (χ0n) is 14.0. The highest BCUT2D eigenvalue weighted by Gasteiger charge is 2.31. The minimum Gasteiger partial charge on any atom is -0.352 e. The molecule has 1 saturated heterocycles. The standard InChI is InChI=1S/C16H25N5O2S/c1-11(15(22)18-12-2-3-12)20-6-8-21(9-7-20)16(23)13-10-24-14(19-13)4-5-17/h10-12H,2-9,17H2,1H3,(H,18,22). The van der Waals surface area contributed by atoms with Crippen LogP contribution >= 0.6 is 11.3 Å². The van der Waals surface area contributed by atoms with Gasteiger partial charge >= 0.3 is 0 Å². The number of nitrogens with zero attached hydrogens (tertiary/aromatic N) is 3. The number of piperazine rings is 1. The van der Waals surface area contributed by atoms with Gasteiger partial charge < -0.3 is 16.0 Å². The molecule has 3 N–H and O–H groups in total. The molecule has 2 aliphatic rings. The van der Waals surface area contributed by atoms with E-state index in [-0.39, 0.29) is 17.9 Å². The van der Waals surface area contributed by atoms with Gasteiger partial charge in [-0.1, -0.05) is 0 Å². The van der Waals surface area contributed by atoms with Crippen LogP contribution in [0.2, 0.25) is 0 Å². The summed E-state index contributed by atoms with van der Waals surface area (Å²) in [6, 6.07) is 0.244. The van der Waals surface area contributed by atoms with E-state index in [9.17, 15) is 9.59 Å². The average molecular weight is 351 g/mol. The van der Waals surface area contributed by atoms with E-state index < -0.39 is 0 Å². The van der Waals surface area contributed by atoms with Crippen molar-refractivity contribution >= 4 is 23.2 Å². The number of nitrogens with one attached hydrogen (secondary N) is 1. The predicted octanol–water partition coefficient (Wildman–Crippen LogP) is 0.0692. The lowest BCUT2D eigenvalue weighted by Crippen LogP contribution is -2.55. The Morgan fingerprint density at radius 3 is 2.71 bits per heavy atom. The molecule has 1 aromatic heterocycles. The molecule has 1 saturated carbocycles. The van der Waals surface area contributed by atoms with E-state index in [4.69, 9.17) is 5.73 Å². The molecule has 0 radical (unpaired) electrons. The number of carbonyl (C=O) groups excluding carboxylic acids is 2. The maximum Gasteiger partial charge on any atom is 0.273 e. The van der Waals surface area contributed by atoms with Crippen LogP contribution in [0, 0.1) is 0 Å². The monoisotopic (exact) mass is 351 g/mol. The first-order valence-corrected chi connectivity index (χ1v) is 9.44. The lowest BCUT2D eigenvalue weighted by atomic mass is 10.2. The van der Waals surface area contributed by atoms with E-state index in [1.165, 1.54) is 11.3 Å². The summed E-state index contributed by atoms with van der Waals surface area (Å²) < 4.78 is 0. The van der Waals surface area contributed by atoms with Crippen molar-refractivity contribution in [1.82, 2.24) is 20.1 Å². The van der Waals surface area contributed by atoms with Crippen molar-refractivity contribution in [2.45, 2.75) is 38.3 Å². The summed E-state index contributed by atoms with van der Waals surface area (Å²) in [6.45, 7) is 5.16. The largest absolute Gasteiger partial charge is 0.352 e. The fourth-order valence-electron chi connectivity index (χ4n) is 2.84. The zero-order valence-corrected chi connectivity index (χ0v) is 14.8. The van der Waals surface area contributed by atoms with Crippen LogP contribution in [-0.2, 0) is 11.2 Å². The number of amides is 2. The molecule has 2 fully saturated rings. The van der Waals surface area contributed by atoms with Gasteiger partial charge in [0.25, 0.3) is 5.91 Å². The Hall–Kier alpha value is -1.51. The second kappa shape index (κ2) is 7.58. The Bertz CT molecular complexity index is 593. The third-order valence-electron chi connectivity index (χ3n) is 4.58.